The third-order valence-electron chi connectivity index (χ3n) is 0.163. The number of nitrogens with two attached hydrogens (primary N) is 1. The molecule has 7 heavy (non-hydrogen) atoms. The molecule has 0 bridgehead atoms. The smallest absolute Gasteiger partial charge is 0.0518 e. The highest BCUT2D eigenvalue weighted by Gasteiger charge is 1.68. The summed E-state index contributed by atoms with van der Waals surface area (Å²) in [6, 6.07) is 0. The maximum absolute atomic E-state index is 9.18. The second kappa shape index (κ2) is 9.03. The average Bonchev–Trinajstić information content (AvgIpc) is 1.73. The lowest BCUT2D eigenvalue weighted by atomic mass is 11.2. The summed E-state index contributed by atoms with van der Waals surface area (Å²) in [6.07, 6.45) is 0. The van der Waals surface area contributed by atoms with Crippen LogP contribution in [0.25, 0.3) is 0 Å². The van der Waals surface area contributed by atoms with Crippen molar-refractivity contribution in [2.75, 3.05) is 21.1 Å². The Hall–Kier alpha value is -0.640. The van der Waals surface area contributed by atoms with E-state index in [-0.39, 0.29) is 0 Å². The van der Waals surface area contributed by atoms with Gasteiger partial charge in [-0.2, -0.15) is 0 Å². The van der Waals surface area contributed by atoms with Gasteiger partial charge in [0.2, 0.25) is 0 Å². The van der Waals surface area contributed by atoms with Gasteiger partial charge in [-0.1, -0.05) is 0 Å². The second-order valence-corrected chi connectivity index (χ2v) is 0.929. The standard InChI is InChI=1S/C2H6N2O.CH5N/c1-4(2)3-5;1-2/h1-2H3;2H2,1H3. The van der Waals surface area contributed by atoms with E-state index in [2.05, 4.69) is 11.0 Å². The summed E-state index contributed by atoms with van der Waals surface area (Å²) in [5.74, 6) is 0. The zero-order chi connectivity index (χ0) is 6.28. The van der Waals surface area contributed by atoms with E-state index in [1.165, 1.54) is 12.1 Å². The van der Waals surface area contributed by atoms with Crippen LogP contribution in [0.3, 0.4) is 0 Å². The van der Waals surface area contributed by atoms with Gasteiger partial charge < -0.3 is 5.73 Å². The van der Waals surface area contributed by atoms with Gasteiger partial charge in [0.05, 0.1) is 5.29 Å². The van der Waals surface area contributed by atoms with E-state index in [9.17, 15) is 4.91 Å². The van der Waals surface area contributed by atoms with Crippen molar-refractivity contribution in [3.63, 3.8) is 0 Å². The molecule has 0 heterocycles. The molecule has 4 heteroatoms. The van der Waals surface area contributed by atoms with E-state index in [4.69, 9.17) is 0 Å². The predicted octanol–water partition coefficient (Wildman–Crippen LogP) is -0.196. The van der Waals surface area contributed by atoms with Crippen molar-refractivity contribution >= 4 is 0 Å². The molecule has 0 saturated heterocycles. The van der Waals surface area contributed by atoms with Crippen LogP contribution in [-0.4, -0.2) is 26.2 Å². The van der Waals surface area contributed by atoms with E-state index in [1.807, 2.05) is 0 Å². The quantitative estimate of drug-likeness (QED) is 0.371. The lowest BCUT2D eigenvalue weighted by molar-refractivity contribution is 0.431. The maximum atomic E-state index is 9.18. The number of nitrogens with zero attached hydrogens (tertiary/aromatic N) is 2. The second-order valence-electron chi connectivity index (χ2n) is 0.929. The van der Waals surface area contributed by atoms with Crippen LogP contribution in [0.4, 0.5) is 0 Å². The molecule has 0 unspecified atom stereocenters. The number of rotatable bonds is 1. The van der Waals surface area contributed by atoms with Gasteiger partial charge in [-0.05, 0) is 7.05 Å². The normalized spacial score (nSPS) is 5.71. The Balaban J connectivity index is 0. The first kappa shape index (κ1) is 9.61. The molecule has 44 valence electrons. The van der Waals surface area contributed by atoms with Gasteiger partial charge in [-0.3, -0.25) is 5.01 Å². The molecule has 0 aromatic carbocycles. The van der Waals surface area contributed by atoms with Gasteiger partial charge in [-0.25, -0.2) is 0 Å². The molecule has 0 aromatic heterocycles. The van der Waals surface area contributed by atoms with Crippen molar-refractivity contribution in [1.29, 1.82) is 0 Å². The number of hydrogen-bond donors (Lipinski definition) is 1. The molecule has 0 aliphatic carbocycles. The highest BCUT2D eigenvalue weighted by Crippen LogP contribution is 1.64. The van der Waals surface area contributed by atoms with Crippen molar-refractivity contribution in [3.05, 3.63) is 4.91 Å². The molecule has 0 fully saturated rings. The summed E-state index contributed by atoms with van der Waals surface area (Å²) in [5.41, 5.74) is 4.50. The van der Waals surface area contributed by atoms with Crippen LogP contribution in [0.1, 0.15) is 0 Å². The fourth-order valence-electron chi connectivity index (χ4n) is 0. The van der Waals surface area contributed by atoms with E-state index in [0.717, 1.165) is 0 Å². The molecule has 2 N–H and O–H groups in total. The molecule has 0 amide bonds. The van der Waals surface area contributed by atoms with Crippen LogP contribution in [0.2, 0.25) is 0 Å². The summed E-state index contributed by atoms with van der Waals surface area (Å²) in [7, 11) is 4.65. The Morgan fingerprint density at radius 1 is 1.43 bits per heavy atom. The Morgan fingerprint density at radius 2 is 1.57 bits per heavy atom. The predicted molar refractivity (Wildman–Crippen MR) is 29.6 cm³/mol. The molecule has 0 radical (unpaired) electrons. The summed E-state index contributed by atoms with van der Waals surface area (Å²) < 4.78 is 0. The van der Waals surface area contributed by atoms with Gasteiger partial charge in [0.1, 0.15) is 0 Å². The molecule has 0 atom stereocenters. The summed E-state index contributed by atoms with van der Waals surface area (Å²) >= 11 is 0. The molecular weight excluding hydrogens is 94.1 g/mol. The van der Waals surface area contributed by atoms with Crippen LogP contribution in [-0.2, 0) is 0 Å². The molecule has 0 saturated carbocycles. The molecule has 0 rings (SSSR count). The highest BCUT2D eigenvalue weighted by atomic mass is 16.3. The lowest BCUT2D eigenvalue weighted by Crippen LogP contribution is -1.97. The van der Waals surface area contributed by atoms with Crippen molar-refractivity contribution < 1.29 is 0 Å². The average molecular weight is 105 g/mol. The molecular formula is C3H11N3O. The van der Waals surface area contributed by atoms with Gasteiger partial charge in [0, 0.05) is 14.1 Å². The van der Waals surface area contributed by atoms with Crippen LogP contribution in [0, 0.1) is 4.91 Å². The SMILES string of the molecule is CN.CN(C)N=O. The third-order valence-corrected chi connectivity index (χ3v) is 0.163. The van der Waals surface area contributed by atoms with E-state index in [0.29, 0.717) is 0 Å². The van der Waals surface area contributed by atoms with Gasteiger partial charge in [0.25, 0.3) is 0 Å². The van der Waals surface area contributed by atoms with Crippen molar-refractivity contribution in [2.45, 2.75) is 0 Å². The van der Waals surface area contributed by atoms with Gasteiger partial charge in [-0.15, -0.1) is 4.91 Å². The minimum Gasteiger partial charge on any atom is -0.333 e. The third kappa shape index (κ3) is 32.7. The lowest BCUT2D eigenvalue weighted by Gasteiger charge is -1.90. The molecule has 0 spiro atoms. The number of nitroso groups, excluding NO2 is 1. The summed E-state index contributed by atoms with van der Waals surface area (Å²) in [4.78, 5) is 9.18. The largest absolute Gasteiger partial charge is 0.333 e. The highest BCUT2D eigenvalue weighted by molar-refractivity contribution is 4.16. The van der Waals surface area contributed by atoms with E-state index >= 15 is 0 Å². The Labute approximate surface area is 43.2 Å². The minimum atomic E-state index is 1.19. The first-order valence-electron chi connectivity index (χ1n) is 1.85. The monoisotopic (exact) mass is 105 g/mol. The van der Waals surface area contributed by atoms with Crippen LogP contribution >= 0.6 is 0 Å². The minimum absolute atomic E-state index is 1.19. The van der Waals surface area contributed by atoms with Crippen molar-refractivity contribution in [3.8, 4) is 0 Å². The fraction of sp³-hybridized carbons (Fsp3) is 1.00. The molecule has 0 aliphatic heterocycles. The van der Waals surface area contributed by atoms with Crippen LogP contribution < -0.4 is 5.73 Å². The summed E-state index contributed by atoms with van der Waals surface area (Å²) in [6.45, 7) is 0. The topological polar surface area (TPSA) is 58.7 Å². The maximum Gasteiger partial charge on any atom is 0.0518 e. The number of hydrogen-bond acceptors (Lipinski definition) is 3. The van der Waals surface area contributed by atoms with Gasteiger partial charge >= 0.3 is 0 Å². The van der Waals surface area contributed by atoms with E-state index in [1.54, 1.807) is 14.1 Å². The Bertz CT molecular complexity index is 37.2. The van der Waals surface area contributed by atoms with Crippen molar-refractivity contribution in [2.24, 2.45) is 11.0 Å². The van der Waals surface area contributed by atoms with E-state index < -0.39 is 0 Å². The Kier molecular flexibility index (Phi) is 12.4. The summed E-state index contributed by atoms with van der Waals surface area (Å²) in [5, 5.41) is 3.67. The first-order chi connectivity index (χ1) is 3.27. The first-order valence-corrected chi connectivity index (χ1v) is 1.85. The molecule has 4 nitrogen and oxygen atoms in total. The van der Waals surface area contributed by atoms with Gasteiger partial charge in [0.15, 0.2) is 0 Å². The van der Waals surface area contributed by atoms with Crippen molar-refractivity contribution in [1.82, 2.24) is 5.01 Å². The zero-order valence-corrected chi connectivity index (χ0v) is 4.88. The van der Waals surface area contributed by atoms with Crippen LogP contribution in [0.15, 0.2) is 5.29 Å². The molecule has 0 aromatic rings. The fourth-order valence-corrected chi connectivity index (χ4v) is 0. The Morgan fingerprint density at radius 3 is 1.57 bits per heavy atom. The molecule has 0 aliphatic rings. The zero-order valence-electron chi connectivity index (χ0n) is 4.88. The van der Waals surface area contributed by atoms with Crippen LogP contribution in [0.5, 0.6) is 0 Å².